The lowest BCUT2D eigenvalue weighted by Gasteiger charge is -2.13. The Hall–Kier alpha value is -0.220. The lowest BCUT2D eigenvalue weighted by molar-refractivity contribution is 0.200. The third kappa shape index (κ3) is 4.33. The number of hydrogen-bond donors (Lipinski definition) is 2. The van der Waals surface area contributed by atoms with Crippen LogP contribution in [0.5, 0.6) is 0 Å². The van der Waals surface area contributed by atoms with Gasteiger partial charge in [-0.05, 0) is 36.2 Å². The van der Waals surface area contributed by atoms with Crippen LogP contribution in [0.3, 0.4) is 0 Å². The van der Waals surface area contributed by atoms with Crippen molar-refractivity contribution in [2.24, 2.45) is 11.1 Å². The second-order valence-corrected chi connectivity index (χ2v) is 5.21. The minimum atomic E-state index is 0.347. The summed E-state index contributed by atoms with van der Waals surface area (Å²) < 4.78 is 4.99. The highest BCUT2D eigenvalue weighted by Crippen LogP contribution is 2.50. The fourth-order valence-corrected chi connectivity index (χ4v) is 2.84. The van der Waals surface area contributed by atoms with E-state index in [1.54, 1.807) is 7.11 Å². The summed E-state index contributed by atoms with van der Waals surface area (Å²) in [4.78, 5) is 0. The van der Waals surface area contributed by atoms with E-state index < -0.39 is 0 Å². The van der Waals surface area contributed by atoms with Crippen LogP contribution in [0.15, 0.2) is 0 Å². The fraction of sp³-hybridized carbons (Fsp3) is 0.900. The van der Waals surface area contributed by atoms with Crippen LogP contribution >= 0.6 is 11.8 Å². The van der Waals surface area contributed by atoms with E-state index in [2.05, 4.69) is 0 Å². The summed E-state index contributed by atoms with van der Waals surface area (Å²) in [5.74, 6) is 2.67. The average molecular weight is 216 g/mol. The number of nitrogens with one attached hydrogen (secondary N) is 1. The van der Waals surface area contributed by atoms with Gasteiger partial charge in [-0.25, -0.2) is 0 Å². The highest BCUT2D eigenvalue weighted by atomic mass is 32.2. The molecule has 0 aromatic rings. The first-order valence-corrected chi connectivity index (χ1v) is 6.24. The van der Waals surface area contributed by atoms with Crippen molar-refractivity contribution < 1.29 is 4.74 Å². The van der Waals surface area contributed by atoms with Crippen molar-refractivity contribution >= 4 is 17.6 Å². The molecule has 0 heterocycles. The Morgan fingerprint density at radius 2 is 2.29 bits per heavy atom. The largest absolute Gasteiger partial charge is 0.388 e. The van der Waals surface area contributed by atoms with Crippen molar-refractivity contribution in [1.82, 2.24) is 0 Å². The monoisotopic (exact) mass is 216 g/mol. The number of nitrogens with two attached hydrogens (primary N) is 1. The lowest BCUT2D eigenvalue weighted by atomic mass is 10.1. The van der Waals surface area contributed by atoms with Gasteiger partial charge >= 0.3 is 0 Å². The first kappa shape index (κ1) is 11.9. The van der Waals surface area contributed by atoms with Gasteiger partial charge in [0.2, 0.25) is 0 Å². The molecular formula is C10H20N2OS. The quantitative estimate of drug-likeness (QED) is 0.370. The minimum Gasteiger partial charge on any atom is -0.388 e. The van der Waals surface area contributed by atoms with E-state index in [4.69, 9.17) is 15.9 Å². The normalized spacial score (nSPS) is 18.1. The fourth-order valence-electron chi connectivity index (χ4n) is 1.55. The van der Waals surface area contributed by atoms with Crippen molar-refractivity contribution in [3.8, 4) is 0 Å². The van der Waals surface area contributed by atoms with Crippen molar-refractivity contribution in [3.63, 3.8) is 0 Å². The van der Waals surface area contributed by atoms with Crippen molar-refractivity contribution in [1.29, 1.82) is 5.41 Å². The van der Waals surface area contributed by atoms with Crippen LogP contribution in [-0.2, 0) is 4.74 Å². The van der Waals surface area contributed by atoms with Gasteiger partial charge in [0.15, 0.2) is 0 Å². The molecule has 4 heteroatoms. The standard InChI is InChI=1S/C10H20N2OS/c1-13-5-2-6-14-8-10(3-4-10)7-9(11)12/h2-8H2,1H3,(H3,11,12). The summed E-state index contributed by atoms with van der Waals surface area (Å²) >= 11 is 1.97. The number of methoxy groups -OCH3 is 1. The van der Waals surface area contributed by atoms with Crippen LogP contribution in [0.2, 0.25) is 0 Å². The molecule has 1 rings (SSSR count). The molecule has 0 spiro atoms. The van der Waals surface area contributed by atoms with Gasteiger partial charge in [-0.15, -0.1) is 0 Å². The Kier molecular flexibility index (Phi) is 4.75. The maximum atomic E-state index is 7.28. The smallest absolute Gasteiger partial charge is 0.0911 e. The zero-order valence-corrected chi connectivity index (χ0v) is 9.66. The maximum absolute atomic E-state index is 7.28. The highest BCUT2D eigenvalue weighted by molar-refractivity contribution is 7.99. The SMILES string of the molecule is COCCCSCC1(CC(=N)N)CC1. The maximum Gasteiger partial charge on any atom is 0.0911 e. The predicted molar refractivity (Wildman–Crippen MR) is 62.0 cm³/mol. The van der Waals surface area contributed by atoms with E-state index in [1.807, 2.05) is 11.8 Å². The second-order valence-electron chi connectivity index (χ2n) is 4.10. The second kappa shape index (κ2) is 5.61. The molecule has 3 nitrogen and oxygen atoms in total. The molecule has 1 saturated carbocycles. The Labute approximate surface area is 90.3 Å². The molecule has 3 N–H and O–H groups in total. The van der Waals surface area contributed by atoms with Crippen molar-refractivity contribution in [3.05, 3.63) is 0 Å². The molecule has 0 amide bonds. The number of amidine groups is 1. The summed E-state index contributed by atoms with van der Waals surface area (Å²) in [6, 6.07) is 0. The Balaban J connectivity index is 2.03. The number of ether oxygens (including phenoxy) is 1. The zero-order chi connectivity index (χ0) is 10.4. The molecule has 14 heavy (non-hydrogen) atoms. The van der Waals surface area contributed by atoms with Gasteiger partial charge in [-0.1, -0.05) is 0 Å². The first-order chi connectivity index (χ1) is 6.68. The Morgan fingerprint density at radius 1 is 1.57 bits per heavy atom. The summed E-state index contributed by atoms with van der Waals surface area (Å²) in [5, 5.41) is 7.28. The van der Waals surface area contributed by atoms with E-state index in [0.29, 0.717) is 11.3 Å². The third-order valence-electron chi connectivity index (χ3n) is 2.57. The summed E-state index contributed by atoms with van der Waals surface area (Å²) in [6.07, 6.45) is 4.43. The van der Waals surface area contributed by atoms with Gasteiger partial charge in [0.1, 0.15) is 0 Å². The number of hydrogen-bond acceptors (Lipinski definition) is 3. The molecule has 0 radical (unpaired) electrons. The number of rotatable bonds is 8. The van der Waals surface area contributed by atoms with Gasteiger partial charge in [0.05, 0.1) is 5.84 Å². The van der Waals surface area contributed by atoms with Crippen LogP contribution in [-0.4, -0.2) is 31.1 Å². The van der Waals surface area contributed by atoms with Crippen LogP contribution in [0.25, 0.3) is 0 Å². The van der Waals surface area contributed by atoms with Crippen molar-refractivity contribution in [2.45, 2.75) is 25.7 Å². The van der Waals surface area contributed by atoms with Gasteiger partial charge in [-0.2, -0.15) is 11.8 Å². The van der Waals surface area contributed by atoms with E-state index in [1.165, 1.54) is 12.8 Å². The average Bonchev–Trinajstić information content (AvgIpc) is 2.84. The molecular weight excluding hydrogens is 196 g/mol. The third-order valence-corrected chi connectivity index (χ3v) is 3.96. The van der Waals surface area contributed by atoms with E-state index in [-0.39, 0.29) is 0 Å². The molecule has 82 valence electrons. The van der Waals surface area contributed by atoms with E-state index >= 15 is 0 Å². The van der Waals surface area contributed by atoms with Crippen LogP contribution in [0, 0.1) is 10.8 Å². The molecule has 0 bridgehead atoms. The Bertz CT molecular complexity index is 193. The van der Waals surface area contributed by atoms with Gasteiger partial charge in [0, 0.05) is 20.1 Å². The summed E-state index contributed by atoms with van der Waals surface area (Å²) in [5.41, 5.74) is 5.82. The molecule has 0 aromatic carbocycles. The van der Waals surface area contributed by atoms with E-state index in [9.17, 15) is 0 Å². The Morgan fingerprint density at radius 3 is 2.79 bits per heavy atom. The molecule has 0 aliphatic heterocycles. The van der Waals surface area contributed by atoms with Crippen molar-refractivity contribution in [2.75, 3.05) is 25.2 Å². The van der Waals surface area contributed by atoms with E-state index in [0.717, 1.165) is 31.0 Å². The zero-order valence-electron chi connectivity index (χ0n) is 8.84. The molecule has 0 saturated heterocycles. The number of thioether (sulfide) groups is 1. The lowest BCUT2D eigenvalue weighted by Crippen LogP contribution is -2.18. The minimum absolute atomic E-state index is 0.347. The predicted octanol–water partition coefficient (Wildman–Crippen LogP) is 1.86. The molecule has 0 unspecified atom stereocenters. The summed E-state index contributed by atoms with van der Waals surface area (Å²) in [7, 11) is 1.74. The molecule has 0 aromatic heterocycles. The molecule has 1 aliphatic rings. The molecule has 0 atom stereocenters. The molecule has 1 aliphatic carbocycles. The van der Waals surface area contributed by atoms with Gasteiger partial charge in [0.25, 0.3) is 0 Å². The topological polar surface area (TPSA) is 59.1 Å². The van der Waals surface area contributed by atoms with Gasteiger partial charge in [-0.3, -0.25) is 5.41 Å². The molecule has 1 fully saturated rings. The highest BCUT2D eigenvalue weighted by Gasteiger charge is 2.42. The summed E-state index contributed by atoms with van der Waals surface area (Å²) in [6.45, 7) is 0.854. The van der Waals surface area contributed by atoms with Crippen LogP contribution in [0.1, 0.15) is 25.7 Å². The van der Waals surface area contributed by atoms with Crippen LogP contribution in [0.4, 0.5) is 0 Å². The first-order valence-electron chi connectivity index (χ1n) is 5.08. The van der Waals surface area contributed by atoms with Crippen LogP contribution < -0.4 is 5.73 Å². The van der Waals surface area contributed by atoms with Gasteiger partial charge < -0.3 is 10.5 Å².